The molecule has 2 aromatic carbocycles. The summed E-state index contributed by atoms with van der Waals surface area (Å²) >= 11 is 6.28. The third-order valence-corrected chi connectivity index (χ3v) is 6.62. The lowest BCUT2D eigenvalue weighted by atomic mass is 10.0. The topological polar surface area (TPSA) is 103 Å². The van der Waals surface area contributed by atoms with Gasteiger partial charge in [0.1, 0.15) is 11.6 Å². The maximum Gasteiger partial charge on any atom is 0.336 e. The van der Waals surface area contributed by atoms with E-state index in [2.05, 4.69) is 4.72 Å². The van der Waals surface area contributed by atoms with Crippen LogP contribution in [0.1, 0.15) is 31.4 Å². The number of nitrogens with one attached hydrogen (secondary N) is 1. The number of hydrogen-bond acceptors (Lipinski definition) is 6. The highest BCUT2D eigenvalue weighted by Gasteiger charge is 2.29. The molecule has 0 fully saturated rings. The van der Waals surface area contributed by atoms with Gasteiger partial charge in [0.15, 0.2) is 5.75 Å². The van der Waals surface area contributed by atoms with Gasteiger partial charge >= 0.3 is 11.6 Å². The van der Waals surface area contributed by atoms with Crippen LogP contribution in [0.15, 0.2) is 56.6 Å². The summed E-state index contributed by atoms with van der Waals surface area (Å²) in [5.41, 5.74) is 1.25. The molecular weight excluding hydrogens is 454 g/mol. The zero-order chi connectivity index (χ0) is 23.6. The Morgan fingerprint density at radius 1 is 1.12 bits per heavy atom. The standard InChI is InChI=1S/C23H24ClNO6S/c1-13(2)9-19(25-32(28,29)16-7-5-14(3)6-8-16)23(27)31-21-12-20-17(11-18(21)24)15(4)10-22(26)30-20/h5-8,10-13,19,25H,9H2,1-4H3/t19-/m0/s1. The van der Waals surface area contributed by atoms with E-state index >= 15 is 0 Å². The number of sulfonamides is 1. The van der Waals surface area contributed by atoms with Crippen molar-refractivity contribution in [1.29, 1.82) is 0 Å². The minimum Gasteiger partial charge on any atom is -0.424 e. The molecule has 0 aliphatic rings. The Morgan fingerprint density at radius 2 is 1.78 bits per heavy atom. The fourth-order valence-electron chi connectivity index (χ4n) is 3.21. The van der Waals surface area contributed by atoms with Crippen LogP contribution in [0.25, 0.3) is 11.0 Å². The highest BCUT2D eigenvalue weighted by molar-refractivity contribution is 7.89. The van der Waals surface area contributed by atoms with Gasteiger partial charge in [0.2, 0.25) is 10.0 Å². The molecule has 1 heterocycles. The van der Waals surface area contributed by atoms with Gasteiger partial charge in [-0.1, -0.05) is 43.1 Å². The van der Waals surface area contributed by atoms with Gasteiger partial charge in [-0.3, -0.25) is 0 Å². The summed E-state index contributed by atoms with van der Waals surface area (Å²) in [6.45, 7) is 7.31. The minimum atomic E-state index is -3.96. The van der Waals surface area contributed by atoms with Crippen LogP contribution in [-0.2, 0) is 14.8 Å². The predicted molar refractivity (Wildman–Crippen MR) is 123 cm³/mol. The Bertz CT molecular complexity index is 1310. The van der Waals surface area contributed by atoms with Crippen LogP contribution in [0.2, 0.25) is 5.02 Å². The largest absolute Gasteiger partial charge is 0.424 e. The van der Waals surface area contributed by atoms with Gasteiger partial charge in [0.05, 0.1) is 9.92 Å². The second-order valence-electron chi connectivity index (χ2n) is 8.06. The first-order valence-electron chi connectivity index (χ1n) is 10.0. The van der Waals surface area contributed by atoms with Crippen molar-refractivity contribution in [3.05, 3.63) is 69.0 Å². The molecule has 7 nitrogen and oxygen atoms in total. The van der Waals surface area contributed by atoms with E-state index in [9.17, 15) is 18.0 Å². The van der Waals surface area contributed by atoms with Gasteiger partial charge in [-0.15, -0.1) is 0 Å². The Kier molecular flexibility index (Phi) is 7.07. The number of carbonyl (C=O) groups is 1. The Hall–Kier alpha value is -2.68. The lowest BCUT2D eigenvalue weighted by Crippen LogP contribution is -2.43. The van der Waals surface area contributed by atoms with E-state index in [1.165, 1.54) is 30.3 Å². The quantitative estimate of drug-likeness (QED) is 0.308. The summed E-state index contributed by atoms with van der Waals surface area (Å²) in [5, 5.41) is 0.737. The Morgan fingerprint density at radius 3 is 2.41 bits per heavy atom. The number of halogens is 1. The van der Waals surface area contributed by atoms with Crippen LogP contribution in [0.4, 0.5) is 0 Å². The first-order chi connectivity index (χ1) is 15.0. The number of esters is 1. The summed E-state index contributed by atoms with van der Waals surface area (Å²) in [4.78, 5) is 24.7. The molecule has 0 radical (unpaired) electrons. The SMILES string of the molecule is Cc1ccc(S(=O)(=O)N[C@@H](CC(C)C)C(=O)Oc2cc3oc(=O)cc(C)c3cc2Cl)cc1. The van der Waals surface area contributed by atoms with E-state index in [1.54, 1.807) is 19.1 Å². The van der Waals surface area contributed by atoms with Gasteiger partial charge in [0, 0.05) is 17.5 Å². The molecule has 3 rings (SSSR count). The second-order valence-corrected chi connectivity index (χ2v) is 10.2. The number of hydrogen-bond donors (Lipinski definition) is 1. The number of carbonyl (C=O) groups excluding carboxylic acids is 1. The molecule has 170 valence electrons. The van der Waals surface area contributed by atoms with Crippen LogP contribution < -0.4 is 15.1 Å². The third-order valence-electron chi connectivity index (χ3n) is 4.83. The summed E-state index contributed by atoms with van der Waals surface area (Å²) in [6.07, 6.45) is 0.212. The molecule has 32 heavy (non-hydrogen) atoms. The molecule has 0 spiro atoms. The summed E-state index contributed by atoms with van der Waals surface area (Å²) < 4.78 is 38.7. The summed E-state index contributed by atoms with van der Waals surface area (Å²) in [6, 6.07) is 9.38. The van der Waals surface area contributed by atoms with Crippen molar-refractivity contribution in [3.63, 3.8) is 0 Å². The first kappa shape index (κ1) is 24.0. The van der Waals surface area contributed by atoms with Crippen molar-refractivity contribution in [2.24, 2.45) is 5.92 Å². The highest BCUT2D eigenvalue weighted by Crippen LogP contribution is 2.31. The Labute approximate surface area is 191 Å². The lowest BCUT2D eigenvalue weighted by molar-refractivity contribution is -0.136. The fourth-order valence-corrected chi connectivity index (χ4v) is 4.61. The number of rotatable bonds is 7. The van der Waals surface area contributed by atoms with Crippen LogP contribution in [0, 0.1) is 19.8 Å². The van der Waals surface area contributed by atoms with Crippen LogP contribution >= 0.6 is 11.6 Å². The molecule has 0 aliphatic heterocycles. The van der Waals surface area contributed by atoms with Crippen molar-refractivity contribution in [1.82, 2.24) is 4.72 Å². The van der Waals surface area contributed by atoms with E-state index in [-0.39, 0.29) is 33.6 Å². The molecule has 0 amide bonds. The lowest BCUT2D eigenvalue weighted by Gasteiger charge is -2.20. The monoisotopic (exact) mass is 477 g/mol. The van der Waals surface area contributed by atoms with Crippen LogP contribution in [0.3, 0.4) is 0 Å². The molecule has 3 aromatic rings. The van der Waals surface area contributed by atoms with Crippen molar-refractivity contribution < 1.29 is 22.4 Å². The number of fused-ring (bicyclic) bond motifs is 1. The zero-order valence-electron chi connectivity index (χ0n) is 18.1. The fraction of sp³-hybridized carbons (Fsp3) is 0.304. The molecule has 1 atom stereocenters. The number of benzene rings is 2. The van der Waals surface area contributed by atoms with Crippen molar-refractivity contribution >= 4 is 38.6 Å². The molecule has 0 saturated heterocycles. The average molecular weight is 478 g/mol. The molecule has 0 saturated carbocycles. The van der Waals surface area contributed by atoms with Crippen molar-refractivity contribution in [3.8, 4) is 5.75 Å². The summed E-state index contributed by atoms with van der Waals surface area (Å²) in [7, 11) is -3.96. The first-order valence-corrected chi connectivity index (χ1v) is 11.9. The van der Waals surface area contributed by atoms with E-state index in [1.807, 2.05) is 20.8 Å². The van der Waals surface area contributed by atoms with E-state index in [4.69, 9.17) is 20.8 Å². The minimum absolute atomic E-state index is 0.000939. The van der Waals surface area contributed by atoms with E-state index in [0.29, 0.717) is 10.9 Å². The highest BCUT2D eigenvalue weighted by atomic mass is 35.5. The molecule has 1 aromatic heterocycles. The van der Waals surface area contributed by atoms with Crippen molar-refractivity contribution in [2.45, 2.75) is 45.1 Å². The maximum atomic E-state index is 12.9. The predicted octanol–water partition coefficient (Wildman–Crippen LogP) is 4.36. The smallest absolute Gasteiger partial charge is 0.336 e. The summed E-state index contributed by atoms with van der Waals surface area (Å²) in [5.74, 6) is -0.840. The average Bonchev–Trinajstić information content (AvgIpc) is 2.68. The normalized spacial score (nSPS) is 12.8. The van der Waals surface area contributed by atoms with E-state index < -0.39 is 27.7 Å². The van der Waals surface area contributed by atoms with Gasteiger partial charge in [-0.2, -0.15) is 4.72 Å². The maximum absolute atomic E-state index is 12.9. The number of aryl methyl sites for hydroxylation is 2. The van der Waals surface area contributed by atoms with Crippen molar-refractivity contribution in [2.75, 3.05) is 0 Å². The molecule has 9 heteroatoms. The van der Waals surface area contributed by atoms with Gasteiger partial charge < -0.3 is 9.15 Å². The Balaban J connectivity index is 1.90. The number of ether oxygens (including phenoxy) is 1. The van der Waals surface area contributed by atoms with Gasteiger partial charge in [-0.05, 0) is 49.9 Å². The molecule has 0 unspecified atom stereocenters. The molecule has 1 N–H and O–H groups in total. The molecular formula is C23H24ClNO6S. The zero-order valence-corrected chi connectivity index (χ0v) is 19.7. The molecule has 0 bridgehead atoms. The van der Waals surface area contributed by atoms with Crippen LogP contribution in [0.5, 0.6) is 5.75 Å². The van der Waals surface area contributed by atoms with Crippen LogP contribution in [-0.4, -0.2) is 20.4 Å². The van der Waals surface area contributed by atoms with E-state index in [0.717, 1.165) is 5.56 Å². The molecule has 0 aliphatic carbocycles. The van der Waals surface area contributed by atoms with Gasteiger partial charge in [-0.25, -0.2) is 18.0 Å². The second kappa shape index (κ2) is 9.44. The third kappa shape index (κ3) is 5.56. The van der Waals surface area contributed by atoms with Gasteiger partial charge in [0.25, 0.3) is 0 Å².